The second-order valence-corrected chi connectivity index (χ2v) is 3.92. The first-order valence-electron chi connectivity index (χ1n) is 5.01. The van der Waals surface area contributed by atoms with Crippen LogP contribution in [0.2, 0.25) is 0 Å². The lowest BCUT2D eigenvalue weighted by atomic mass is 9.92. The van der Waals surface area contributed by atoms with E-state index in [1.165, 1.54) is 14.0 Å². The number of hydrogen-bond donors (Lipinski definition) is 1. The summed E-state index contributed by atoms with van der Waals surface area (Å²) in [6.45, 7) is 1.06. The van der Waals surface area contributed by atoms with Crippen LogP contribution in [0.25, 0.3) is 0 Å². The largest absolute Gasteiger partial charge is 0.381 e. The molecular formula is C12H16FNO2. The van der Waals surface area contributed by atoms with Gasteiger partial charge in [-0.15, -0.1) is 0 Å². The Bertz CT molecular complexity index is 351. The minimum atomic E-state index is -1.86. The summed E-state index contributed by atoms with van der Waals surface area (Å²) in [5.74, 6) is -0.414. The molecule has 3 nitrogen and oxygen atoms in total. The normalized spacial score (nSPS) is 16.5. The van der Waals surface area contributed by atoms with Crippen LogP contribution in [-0.2, 0) is 4.74 Å². The molecule has 0 heterocycles. The summed E-state index contributed by atoms with van der Waals surface area (Å²) in [6, 6.07) is 7.23. The van der Waals surface area contributed by atoms with Gasteiger partial charge < -0.3 is 10.5 Å². The topological polar surface area (TPSA) is 52.3 Å². The molecule has 88 valence electrons. The van der Waals surface area contributed by atoms with E-state index in [0.29, 0.717) is 5.56 Å². The molecule has 16 heavy (non-hydrogen) atoms. The number of carbonyl (C=O) groups excluding carboxylic acids is 1. The smallest absolute Gasteiger partial charge is 0.182 e. The molecular weight excluding hydrogens is 209 g/mol. The lowest BCUT2D eigenvalue weighted by Gasteiger charge is -2.25. The highest BCUT2D eigenvalue weighted by atomic mass is 19.1. The third-order valence-corrected chi connectivity index (χ3v) is 2.42. The molecule has 0 saturated carbocycles. The number of hydrogen-bond acceptors (Lipinski definition) is 3. The van der Waals surface area contributed by atoms with Crippen LogP contribution in [0.15, 0.2) is 30.3 Å². The van der Waals surface area contributed by atoms with Crippen LogP contribution < -0.4 is 5.73 Å². The average molecular weight is 225 g/mol. The number of rotatable bonds is 5. The number of methoxy groups -OCH3 is 1. The van der Waals surface area contributed by atoms with Crippen molar-refractivity contribution in [2.75, 3.05) is 13.7 Å². The van der Waals surface area contributed by atoms with E-state index in [1.807, 2.05) is 0 Å². The molecule has 1 aromatic rings. The number of halogens is 1. The van der Waals surface area contributed by atoms with Gasteiger partial charge in [-0.2, -0.15) is 0 Å². The molecule has 1 rings (SSSR count). The number of nitrogens with two attached hydrogens (primary N) is 1. The Morgan fingerprint density at radius 2 is 2.06 bits per heavy atom. The van der Waals surface area contributed by atoms with Gasteiger partial charge in [0.25, 0.3) is 0 Å². The maximum absolute atomic E-state index is 13.9. The zero-order valence-corrected chi connectivity index (χ0v) is 9.44. The Kier molecular flexibility index (Phi) is 4.15. The van der Waals surface area contributed by atoms with Gasteiger partial charge in [0.2, 0.25) is 0 Å². The standard InChI is InChI=1S/C12H16FNO2/c1-12(13,8-16-2)11(14)10(15)9-6-4-3-5-7-9/h3-7,11H,8,14H2,1-2H3/t11-,12+/m1/s1. The van der Waals surface area contributed by atoms with E-state index in [0.717, 1.165) is 0 Å². The van der Waals surface area contributed by atoms with Crippen LogP contribution in [0.4, 0.5) is 4.39 Å². The number of ether oxygens (including phenoxy) is 1. The predicted molar refractivity (Wildman–Crippen MR) is 60.1 cm³/mol. The van der Waals surface area contributed by atoms with Gasteiger partial charge >= 0.3 is 0 Å². The Labute approximate surface area is 94.4 Å². The highest BCUT2D eigenvalue weighted by Crippen LogP contribution is 2.18. The van der Waals surface area contributed by atoms with Crippen LogP contribution in [0.3, 0.4) is 0 Å². The zero-order valence-electron chi connectivity index (χ0n) is 9.44. The number of benzene rings is 1. The zero-order chi connectivity index (χ0) is 12.2. The highest BCUT2D eigenvalue weighted by Gasteiger charge is 2.37. The Hall–Kier alpha value is -1.26. The van der Waals surface area contributed by atoms with E-state index in [4.69, 9.17) is 10.5 Å². The van der Waals surface area contributed by atoms with Gasteiger partial charge in [0, 0.05) is 12.7 Å². The molecule has 2 N–H and O–H groups in total. The second-order valence-electron chi connectivity index (χ2n) is 3.92. The molecule has 0 aliphatic heterocycles. The summed E-state index contributed by atoms with van der Waals surface area (Å²) in [5.41, 5.74) is 4.16. The molecule has 2 atom stereocenters. The molecule has 0 fully saturated rings. The van der Waals surface area contributed by atoms with Crippen LogP contribution >= 0.6 is 0 Å². The van der Waals surface area contributed by atoms with Gasteiger partial charge in [-0.05, 0) is 6.92 Å². The van der Waals surface area contributed by atoms with Crippen LogP contribution in [0, 0.1) is 0 Å². The number of ketones is 1. The minimum absolute atomic E-state index is 0.202. The monoisotopic (exact) mass is 225 g/mol. The molecule has 0 saturated heterocycles. The molecule has 0 aliphatic rings. The van der Waals surface area contributed by atoms with Crippen molar-refractivity contribution < 1.29 is 13.9 Å². The maximum Gasteiger partial charge on any atom is 0.182 e. The molecule has 0 unspecified atom stereocenters. The second kappa shape index (κ2) is 5.18. The van der Waals surface area contributed by atoms with Gasteiger partial charge in [0.05, 0.1) is 6.61 Å². The van der Waals surface area contributed by atoms with Crippen molar-refractivity contribution in [3.05, 3.63) is 35.9 Å². The number of alkyl halides is 1. The molecule has 1 aromatic carbocycles. The summed E-state index contributed by atoms with van der Waals surface area (Å²) < 4.78 is 18.7. The third kappa shape index (κ3) is 2.87. The van der Waals surface area contributed by atoms with E-state index in [2.05, 4.69) is 0 Å². The summed E-state index contributed by atoms with van der Waals surface area (Å²) >= 11 is 0. The van der Waals surface area contributed by atoms with Crippen molar-refractivity contribution in [3.8, 4) is 0 Å². The lowest BCUT2D eigenvalue weighted by Crippen LogP contribution is -2.50. The summed E-state index contributed by atoms with van der Waals surface area (Å²) in [4.78, 5) is 11.8. The van der Waals surface area contributed by atoms with Gasteiger partial charge in [-0.3, -0.25) is 4.79 Å². The third-order valence-electron chi connectivity index (χ3n) is 2.42. The maximum atomic E-state index is 13.9. The van der Waals surface area contributed by atoms with Crippen molar-refractivity contribution in [1.29, 1.82) is 0 Å². The van der Waals surface area contributed by atoms with Gasteiger partial charge in [0.15, 0.2) is 11.5 Å². The fourth-order valence-electron chi connectivity index (χ4n) is 1.43. The molecule has 0 radical (unpaired) electrons. The first kappa shape index (κ1) is 12.8. The fraction of sp³-hybridized carbons (Fsp3) is 0.417. The van der Waals surface area contributed by atoms with Gasteiger partial charge in [-0.1, -0.05) is 30.3 Å². The van der Waals surface area contributed by atoms with Crippen molar-refractivity contribution in [2.45, 2.75) is 18.6 Å². The summed E-state index contributed by atoms with van der Waals surface area (Å²) in [6.07, 6.45) is 0. The van der Waals surface area contributed by atoms with Crippen molar-refractivity contribution in [1.82, 2.24) is 0 Å². The molecule has 0 bridgehead atoms. The molecule has 0 aliphatic carbocycles. The van der Waals surface area contributed by atoms with E-state index in [1.54, 1.807) is 30.3 Å². The SMILES string of the molecule is COC[C@](C)(F)[C@H](N)C(=O)c1ccccc1. The van der Waals surface area contributed by atoms with E-state index < -0.39 is 17.5 Å². The van der Waals surface area contributed by atoms with Crippen molar-refractivity contribution in [3.63, 3.8) is 0 Å². The van der Waals surface area contributed by atoms with Gasteiger partial charge in [0.1, 0.15) is 6.04 Å². The van der Waals surface area contributed by atoms with E-state index >= 15 is 0 Å². The summed E-state index contributed by atoms with van der Waals surface area (Å²) in [7, 11) is 1.37. The van der Waals surface area contributed by atoms with E-state index in [-0.39, 0.29) is 6.61 Å². The average Bonchev–Trinajstić information content (AvgIpc) is 2.28. The molecule has 0 amide bonds. The first-order chi connectivity index (χ1) is 7.49. The first-order valence-corrected chi connectivity index (χ1v) is 5.01. The summed E-state index contributed by atoms with van der Waals surface area (Å²) in [5, 5.41) is 0. The lowest BCUT2D eigenvalue weighted by molar-refractivity contribution is 0.0334. The van der Waals surface area contributed by atoms with Gasteiger partial charge in [-0.25, -0.2) is 4.39 Å². The quantitative estimate of drug-likeness (QED) is 0.774. The van der Waals surface area contributed by atoms with Crippen molar-refractivity contribution in [2.24, 2.45) is 5.73 Å². The Morgan fingerprint density at radius 3 is 2.56 bits per heavy atom. The molecule has 0 aromatic heterocycles. The number of carbonyl (C=O) groups is 1. The highest BCUT2D eigenvalue weighted by molar-refractivity contribution is 6.00. The fourth-order valence-corrected chi connectivity index (χ4v) is 1.43. The Balaban J connectivity index is 2.82. The molecule has 0 spiro atoms. The number of Topliss-reactive ketones (excluding diaryl/α,β-unsaturated/α-hetero) is 1. The van der Waals surface area contributed by atoms with Crippen LogP contribution in [-0.4, -0.2) is 31.2 Å². The molecule has 4 heteroatoms. The minimum Gasteiger partial charge on any atom is -0.381 e. The predicted octanol–water partition coefficient (Wildman–Crippen LogP) is 1.57. The van der Waals surface area contributed by atoms with Crippen molar-refractivity contribution >= 4 is 5.78 Å². The Morgan fingerprint density at radius 1 is 1.50 bits per heavy atom. The van der Waals surface area contributed by atoms with Crippen LogP contribution in [0.1, 0.15) is 17.3 Å². The van der Waals surface area contributed by atoms with Crippen LogP contribution in [0.5, 0.6) is 0 Å². The van der Waals surface area contributed by atoms with E-state index in [9.17, 15) is 9.18 Å².